The molecule has 1 atom stereocenters. The molecule has 2 heterocycles. The summed E-state index contributed by atoms with van der Waals surface area (Å²) >= 11 is 0. The summed E-state index contributed by atoms with van der Waals surface area (Å²) in [4.78, 5) is 30.4. The number of carbonyl (C=O) groups excluding carboxylic acids is 2. The first-order chi connectivity index (χ1) is 12.0. The van der Waals surface area contributed by atoms with Gasteiger partial charge in [0.15, 0.2) is 0 Å². The van der Waals surface area contributed by atoms with Crippen LogP contribution in [0.15, 0.2) is 36.5 Å². The molecule has 2 aromatic rings. The number of aldehydes is 1. The Morgan fingerprint density at radius 1 is 1.36 bits per heavy atom. The van der Waals surface area contributed by atoms with Gasteiger partial charge in [-0.3, -0.25) is 14.6 Å². The maximum Gasteiger partial charge on any atom is 0.489 e. The second-order valence-corrected chi connectivity index (χ2v) is 6.15. The Balaban J connectivity index is 1.94. The van der Waals surface area contributed by atoms with E-state index in [0.717, 1.165) is 24.1 Å². The lowest BCUT2D eigenvalue weighted by atomic mass is 9.76. The van der Waals surface area contributed by atoms with Gasteiger partial charge in [0, 0.05) is 29.6 Å². The minimum absolute atomic E-state index is 0.0880. The molecule has 1 aliphatic heterocycles. The molecule has 0 aliphatic carbocycles. The Morgan fingerprint density at radius 3 is 2.88 bits per heavy atom. The highest BCUT2D eigenvalue weighted by atomic mass is 16.4. The largest absolute Gasteiger partial charge is 0.489 e. The third kappa shape index (κ3) is 3.33. The molecular weight excluding hydrogens is 319 g/mol. The number of aryl methyl sites for hydroxylation is 1. The molecule has 0 bridgehead atoms. The van der Waals surface area contributed by atoms with Crippen molar-refractivity contribution >= 4 is 24.8 Å². The molecule has 25 heavy (non-hydrogen) atoms. The molecule has 1 unspecified atom stereocenters. The van der Waals surface area contributed by atoms with Gasteiger partial charge in [-0.15, -0.1) is 0 Å². The third-order valence-corrected chi connectivity index (χ3v) is 4.66. The molecule has 1 aromatic heterocycles. The fraction of sp³-hybridized carbons (Fsp3) is 0.278. The van der Waals surface area contributed by atoms with E-state index in [-0.39, 0.29) is 23.0 Å². The molecular formula is C18H19BN2O4. The van der Waals surface area contributed by atoms with Crippen molar-refractivity contribution in [3.63, 3.8) is 0 Å². The molecule has 7 heteroatoms. The first-order valence-corrected chi connectivity index (χ1v) is 8.23. The van der Waals surface area contributed by atoms with Gasteiger partial charge in [0.1, 0.15) is 6.29 Å². The molecule has 0 saturated heterocycles. The van der Waals surface area contributed by atoms with Crippen molar-refractivity contribution in [2.24, 2.45) is 0 Å². The molecule has 1 amide bonds. The van der Waals surface area contributed by atoms with E-state index >= 15 is 0 Å². The summed E-state index contributed by atoms with van der Waals surface area (Å²) in [7, 11) is -1.75. The van der Waals surface area contributed by atoms with Gasteiger partial charge in [-0.2, -0.15) is 0 Å². The molecule has 0 fully saturated rings. The number of amides is 1. The van der Waals surface area contributed by atoms with Gasteiger partial charge in [-0.05, 0) is 49.0 Å². The van der Waals surface area contributed by atoms with Gasteiger partial charge in [0.25, 0.3) is 5.91 Å². The molecule has 0 radical (unpaired) electrons. The average Bonchev–Trinajstić information content (AvgIpc) is 2.79. The van der Waals surface area contributed by atoms with Crippen LogP contribution in [0, 0.1) is 0 Å². The topological polar surface area (TPSA) is 90.7 Å². The van der Waals surface area contributed by atoms with Gasteiger partial charge >= 0.3 is 7.12 Å². The summed E-state index contributed by atoms with van der Waals surface area (Å²) in [6, 6.07) is 8.06. The van der Waals surface area contributed by atoms with E-state index in [2.05, 4.69) is 4.98 Å². The van der Waals surface area contributed by atoms with Crippen molar-refractivity contribution in [2.75, 3.05) is 6.54 Å². The number of carbonyl (C=O) groups is 2. The SMILES string of the molecule is CC1c2cccnc2CCCN1C(=O)c1ccc(B(O)O)c(C=O)c1. The predicted octanol–water partition coefficient (Wildman–Crippen LogP) is 0.724. The number of aromatic nitrogens is 1. The first kappa shape index (κ1) is 17.3. The second-order valence-electron chi connectivity index (χ2n) is 6.15. The van der Waals surface area contributed by atoms with Crippen LogP contribution in [0.25, 0.3) is 0 Å². The number of nitrogens with zero attached hydrogens (tertiary/aromatic N) is 2. The van der Waals surface area contributed by atoms with Crippen LogP contribution in [0.4, 0.5) is 0 Å². The Morgan fingerprint density at radius 2 is 2.16 bits per heavy atom. The summed E-state index contributed by atoms with van der Waals surface area (Å²) in [5.41, 5.74) is 2.59. The van der Waals surface area contributed by atoms with Crippen molar-refractivity contribution in [1.82, 2.24) is 9.88 Å². The molecule has 1 aromatic carbocycles. The van der Waals surface area contributed by atoms with Crippen molar-refractivity contribution in [3.05, 3.63) is 58.9 Å². The van der Waals surface area contributed by atoms with Crippen LogP contribution in [-0.2, 0) is 6.42 Å². The van der Waals surface area contributed by atoms with Crippen LogP contribution in [0.3, 0.4) is 0 Å². The van der Waals surface area contributed by atoms with Gasteiger partial charge in [0.05, 0.1) is 6.04 Å². The molecule has 3 rings (SSSR count). The van der Waals surface area contributed by atoms with E-state index in [9.17, 15) is 19.6 Å². The number of benzene rings is 1. The molecule has 0 saturated carbocycles. The van der Waals surface area contributed by atoms with Gasteiger partial charge in [-0.25, -0.2) is 0 Å². The zero-order valence-corrected chi connectivity index (χ0v) is 13.9. The van der Waals surface area contributed by atoms with Crippen LogP contribution < -0.4 is 5.46 Å². The Kier molecular flexibility index (Phi) is 4.97. The van der Waals surface area contributed by atoms with E-state index in [0.29, 0.717) is 18.4 Å². The lowest BCUT2D eigenvalue weighted by Crippen LogP contribution is -2.36. The zero-order chi connectivity index (χ0) is 18.0. The summed E-state index contributed by atoms with van der Waals surface area (Å²) in [5.74, 6) is -0.189. The van der Waals surface area contributed by atoms with E-state index in [1.165, 1.54) is 18.2 Å². The highest BCUT2D eigenvalue weighted by molar-refractivity contribution is 6.60. The standard InChI is InChI=1S/C18H19BN2O4/c1-12-15-4-2-8-20-17(15)5-3-9-21(12)18(23)13-6-7-16(19(24)25)14(10-13)11-22/h2,4,6-8,10-12,24-25H,3,5,9H2,1H3. The van der Waals surface area contributed by atoms with E-state index < -0.39 is 7.12 Å². The maximum atomic E-state index is 13.0. The maximum absolute atomic E-state index is 13.0. The predicted molar refractivity (Wildman–Crippen MR) is 93.7 cm³/mol. The van der Waals surface area contributed by atoms with Crippen LogP contribution in [-0.4, -0.2) is 45.8 Å². The zero-order valence-electron chi connectivity index (χ0n) is 13.9. The van der Waals surface area contributed by atoms with Crippen molar-refractivity contribution < 1.29 is 19.6 Å². The minimum Gasteiger partial charge on any atom is -0.423 e. The lowest BCUT2D eigenvalue weighted by Gasteiger charge is -2.28. The minimum atomic E-state index is -1.75. The van der Waals surface area contributed by atoms with Crippen LogP contribution in [0.1, 0.15) is 51.4 Å². The molecule has 128 valence electrons. The summed E-state index contributed by atoms with van der Waals surface area (Å²) in [6.07, 6.45) is 3.92. The lowest BCUT2D eigenvalue weighted by molar-refractivity contribution is 0.0695. The van der Waals surface area contributed by atoms with Gasteiger partial charge in [-0.1, -0.05) is 12.1 Å². The Hall–Kier alpha value is -2.51. The average molecular weight is 338 g/mol. The molecule has 6 nitrogen and oxygen atoms in total. The Bertz CT molecular complexity index is 809. The second kappa shape index (κ2) is 7.17. The molecule has 0 spiro atoms. The quantitative estimate of drug-likeness (QED) is 0.636. The molecule has 1 aliphatic rings. The number of rotatable bonds is 3. The van der Waals surface area contributed by atoms with Crippen molar-refractivity contribution in [2.45, 2.75) is 25.8 Å². The van der Waals surface area contributed by atoms with Crippen LogP contribution >= 0.6 is 0 Å². The summed E-state index contributed by atoms with van der Waals surface area (Å²) < 4.78 is 0. The third-order valence-electron chi connectivity index (χ3n) is 4.66. The molecule has 2 N–H and O–H groups in total. The highest BCUT2D eigenvalue weighted by Gasteiger charge is 2.28. The number of fused-ring (bicyclic) bond motifs is 1. The summed E-state index contributed by atoms with van der Waals surface area (Å²) in [6.45, 7) is 2.56. The normalized spacial score (nSPS) is 16.8. The van der Waals surface area contributed by atoms with E-state index in [4.69, 9.17) is 0 Å². The number of hydrogen-bond donors (Lipinski definition) is 2. The first-order valence-electron chi connectivity index (χ1n) is 8.23. The van der Waals surface area contributed by atoms with E-state index in [1.807, 2.05) is 19.1 Å². The number of hydrogen-bond acceptors (Lipinski definition) is 5. The number of pyridine rings is 1. The smallest absolute Gasteiger partial charge is 0.423 e. The summed E-state index contributed by atoms with van der Waals surface area (Å²) in [5, 5.41) is 18.6. The fourth-order valence-corrected chi connectivity index (χ4v) is 3.31. The monoisotopic (exact) mass is 338 g/mol. The fourth-order valence-electron chi connectivity index (χ4n) is 3.31. The highest BCUT2D eigenvalue weighted by Crippen LogP contribution is 2.28. The van der Waals surface area contributed by atoms with Gasteiger partial charge in [0.2, 0.25) is 0 Å². The van der Waals surface area contributed by atoms with Crippen molar-refractivity contribution in [1.29, 1.82) is 0 Å². The van der Waals surface area contributed by atoms with Gasteiger partial charge < -0.3 is 14.9 Å². The Labute approximate surface area is 146 Å². The van der Waals surface area contributed by atoms with Crippen molar-refractivity contribution in [3.8, 4) is 0 Å². The van der Waals surface area contributed by atoms with Crippen LogP contribution in [0.5, 0.6) is 0 Å². The van der Waals surface area contributed by atoms with Crippen LogP contribution in [0.2, 0.25) is 0 Å². The van der Waals surface area contributed by atoms with E-state index in [1.54, 1.807) is 11.1 Å².